The third-order valence-corrected chi connectivity index (χ3v) is 4.64. The van der Waals surface area contributed by atoms with Crippen molar-refractivity contribution in [1.29, 1.82) is 0 Å². The lowest BCUT2D eigenvalue weighted by Crippen LogP contribution is -2.56. The Bertz CT molecular complexity index is 638. The first-order valence-corrected chi connectivity index (χ1v) is 8.77. The van der Waals surface area contributed by atoms with Crippen LogP contribution in [0.25, 0.3) is 0 Å². The first-order chi connectivity index (χ1) is 12.6. The highest BCUT2D eigenvalue weighted by Gasteiger charge is 2.34. The van der Waals surface area contributed by atoms with E-state index in [1.165, 1.54) is 5.06 Å². The zero-order chi connectivity index (χ0) is 18.5. The third kappa shape index (κ3) is 4.25. The van der Waals surface area contributed by atoms with Gasteiger partial charge in [0.05, 0.1) is 39.8 Å². The smallest absolute Gasteiger partial charge is 0.248 e. The summed E-state index contributed by atoms with van der Waals surface area (Å²) in [5.74, 6) is 1.11. The number of rotatable bonds is 6. The lowest BCUT2D eigenvalue weighted by molar-refractivity contribution is -0.171. The number of amides is 2. The van der Waals surface area contributed by atoms with Crippen LogP contribution in [-0.2, 0) is 21.0 Å². The van der Waals surface area contributed by atoms with E-state index in [0.717, 1.165) is 12.0 Å². The van der Waals surface area contributed by atoms with Gasteiger partial charge in [-0.2, -0.15) is 0 Å². The summed E-state index contributed by atoms with van der Waals surface area (Å²) in [7, 11) is 3.20. The Balaban J connectivity index is 1.73. The van der Waals surface area contributed by atoms with E-state index >= 15 is 0 Å². The Morgan fingerprint density at radius 1 is 1.23 bits per heavy atom. The average Bonchev–Trinajstić information content (AvgIpc) is 3.19. The van der Waals surface area contributed by atoms with Gasteiger partial charge in [-0.15, -0.1) is 0 Å². The van der Waals surface area contributed by atoms with Crippen LogP contribution in [0.1, 0.15) is 18.4 Å². The summed E-state index contributed by atoms with van der Waals surface area (Å²) in [5, 5.41) is 4.22. The maximum Gasteiger partial charge on any atom is 0.248 e. The van der Waals surface area contributed by atoms with Gasteiger partial charge in [0, 0.05) is 25.7 Å². The Kier molecular flexibility index (Phi) is 5.95. The summed E-state index contributed by atoms with van der Waals surface area (Å²) >= 11 is 0. The van der Waals surface area contributed by atoms with Crippen molar-refractivity contribution in [3.8, 4) is 11.5 Å². The molecule has 2 aliphatic heterocycles. The molecule has 2 saturated heterocycles. The lowest BCUT2D eigenvalue weighted by Gasteiger charge is -2.35. The zero-order valence-corrected chi connectivity index (χ0v) is 15.2. The van der Waals surface area contributed by atoms with Crippen LogP contribution in [0.3, 0.4) is 0 Å². The molecular formula is C18H25N3O5. The second-order valence-corrected chi connectivity index (χ2v) is 6.38. The molecule has 2 fully saturated rings. The number of methoxy groups -OCH3 is 2. The molecule has 2 aliphatic rings. The molecule has 2 amide bonds. The Labute approximate surface area is 152 Å². The minimum Gasteiger partial charge on any atom is -0.497 e. The predicted molar refractivity (Wildman–Crippen MR) is 93.7 cm³/mol. The molecule has 1 N–H and O–H groups in total. The highest BCUT2D eigenvalue weighted by Crippen LogP contribution is 2.25. The molecule has 26 heavy (non-hydrogen) atoms. The van der Waals surface area contributed by atoms with E-state index in [0.29, 0.717) is 44.3 Å². The number of nitrogens with one attached hydrogen (secondary N) is 1. The number of ether oxygens (including phenoxy) is 2. The van der Waals surface area contributed by atoms with Crippen molar-refractivity contribution in [3.05, 3.63) is 23.8 Å². The molecule has 1 unspecified atom stereocenters. The second-order valence-electron chi connectivity index (χ2n) is 6.38. The second kappa shape index (κ2) is 8.37. The molecule has 0 spiro atoms. The van der Waals surface area contributed by atoms with Crippen molar-refractivity contribution in [2.75, 3.05) is 40.5 Å². The number of piperazine rings is 1. The van der Waals surface area contributed by atoms with E-state index in [4.69, 9.17) is 14.3 Å². The zero-order valence-electron chi connectivity index (χ0n) is 15.2. The van der Waals surface area contributed by atoms with E-state index in [-0.39, 0.29) is 18.2 Å². The van der Waals surface area contributed by atoms with Crippen molar-refractivity contribution < 1.29 is 23.9 Å². The number of benzene rings is 1. The van der Waals surface area contributed by atoms with E-state index in [1.807, 2.05) is 17.0 Å². The van der Waals surface area contributed by atoms with Crippen molar-refractivity contribution in [1.82, 2.24) is 15.3 Å². The van der Waals surface area contributed by atoms with Crippen LogP contribution in [-0.4, -0.2) is 68.3 Å². The van der Waals surface area contributed by atoms with Crippen molar-refractivity contribution in [3.63, 3.8) is 0 Å². The number of carbonyl (C=O) groups excluding carboxylic acids is 2. The minimum atomic E-state index is -0.516. The third-order valence-electron chi connectivity index (χ3n) is 4.64. The quantitative estimate of drug-likeness (QED) is 0.795. The average molecular weight is 363 g/mol. The van der Waals surface area contributed by atoms with Crippen LogP contribution >= 0.6 is 0 Å². The van der Waals surface area contributed by atoms with Crippen molar-refractivity contribution in [2.24, 2.45) is 0 Å². The highest BCUT2D eigenvalue weighted by atomic mass is 16.7. The Morgan fingerprint density at radius 3 is 2.58 bits per heavy atom. The molecule has 0 bridgehead atoms. The van der Waals surface area contributed by atoms with Gasteiger partial charge in [-0.25, -0.2) is 5.06 Å². The van der Waals surface area contributed by atoms with Gasteiger partial charge in [0.25, 0.3) is 0 Å². The topological polar surface area (TPSA) is 80.3 Å². The summed E-state index contributed by atoms with van der Waals surface area (Å²) in [4.78, 5) is 32.1. The van der Waals surface area contributed by atoms with Gasteiger partial charge >= 0.3 is 0 Å². The van der Waals surface area contributed by atoms with E-state index < -0.39 is 6.04 Å². The molecule has 1 atom stereocenters. The highest BCUT2D eigenvalue weighted by molar-refractivity contribution is 5.88. The van der Waals surface area contributed by atoms with Crippen LogP contribution in [0.15, 0.2) is 18.2 Å². The number of carbonyl (C=O) groups is 2. The first-order valence-electron chi connectivity index (χ1n) is 8.77. The normalized spacial score (nSPS) is 20.8. The van der Waals surface area contributed by atoms with Gasteiger partial charge in [-0.05, 0) is 24.1 Å². The molecule has 0 aliphatic carbocycles. The first kappa shape index (κ1) is 18.5. The van der Waals surface area contributed by atoms with Crippen molar-refractivity contribution in [2.45, 2.75) is 25.4 Å². The molecule has 1 aromatic rings. The van der Waals surface area contributed by atoms with Crippen LogP contribution in [0.4, 0.5) is 0 Å². The molecule has 1 aromatic carbocycles. The summed E-state index contributed by atoms with van der Waals surface area (Å²) in [6.07, 6.45) is 0.933. The van der Waals surface area contributed by atoms with Gasteiger partial charge in [0.15, 0.2) is 0 Å². The van der Waals surface area contributed by atoms with Gasteiger partial charge in [0.2, 0.25) is 11.8 Å². The number of hydroxylamine groups is 2. The minimum absolute atomic E-state index is 0.104. The molecular weight excluding hydrogens is 338 g/mol. The number of nitrogens with zero attached hydrogens (tertiary/aromatic N) is 2. The predicted octanol–water partition coefficient (Wildman–Crippen LogP) is 0.558. The molecule has 2 heterocycles. The summed E-state index contributed by atoms with van der Waals surface area (Å²) in [5.41, 5.74) is 0.964. The molecule has 142 valence electrons. The van der Waals surface area contributed by atoms with Gasteiger partial charge < -0.3 is 14.8 Å². The summed E-state index contributed by atoms with van der Waals surface area (Å²) < 4.78 is 10.6. The largest absolute Gasteiger partial charge is 0.497 e. The van der Waals surface area contributed by atoms with Crippen LogP contribution < -0.4 is 14.8 Å². The Morgan fingerprint density at radius 2 is 1.96 bits per heavy atom. The monoisotopic (exact) mass is 363 g/mol. The number of hydrogen-bond donors (Lipinski definition) is 1. The van der Waals surface area contributed by atoms with Gasteiger partial charge in [-0.3, -0.25) is 19.3 Å². The maximum absolute atomic E-state index is 12.4. The van der Waals surface area contributed by atoms with Gasteiger partial charge in [-0.1, -0.05) is 0 Å². The SMILES string of the molecule is COc1cc(CN2CCNC(=O)C2CC(=O)N2CCCO2)cc(OC)c1. The Hall–Kier alpha value is -2.32. The summed E-state index contributed by atoms with van der Waals surface area (Å²) in [6.45, 7) is 2.89. The maximum atomic E-state index is 12.4. The van der Waals surface area contributed by atoms with Crippen LogP contribution in [0.2, 0.25) is 0 Å². The lowest BCUT2D eigenvalue weighted by atomic mass is 10.1. The fraction of sp³-hybridized carbons (Fsp3) is 0.556. The molecule has 0 aromatic heterocycles. The fourth-order valence-electron chi connectivity index (χ4n) is 3.28. The van der Waals surface area contributed by atoms with Crippen molar-refractivity contribution >= 4 is 11.8 Å². The molecule has 0 radical (unpaired) electrons. The standard InChI is InChI=1S/C18H25N3O5/c1-24-14-8-13(9-15(10-14)25-2)12-20-6-4-19-18(23)16(20)11-17(22)21-5-3-7-26-21/h8-10,16H,3-7,11-12H2,1-2H3,(H,19,23). The van der Waals surface area contributed by atoms with E-state index in [2.05, 4.69) is 5.32 Å². The fourth-order valence-corrected chi connectivity index (χ4v) is 3.28. The molecule has 8 nitrogen and oxygen atoms in total. The molecule has 0 saturated carbocycles. The molecule has 8 heteroatoms. The van der Waals surface area contributed by atoms with Gasteiger partial charge in [0.1, 0.15) is 11.5 Å². The van der Waals surface area contributed by atoms with Crippen LogP contribution in [0, 0.1) is 0 Å². The van der Waals surface area contributed by atoms with Crippen LogP contribution in [0.5, 0.6) is 11.5 Å². The van der Waals surface area contributed by atoms with E-state index in [1.54, 1.807) is 20.3 Å². The number of hydrogen-bond acceptors (Lipinski definition) is 6. The molecule has 3 rings (SSSR count). The summed E-state index contributed by atoms with van der Waals surface area (Å²) in [6, 6.07) is 5.12. The van der Waals surface area contributed by atoms with E-state index in [9.17, 15) is 9.59 Å².